The second-order valence-electron chi connectivity index (χ2n) is 5.13. The van der Waals surface area contributed by atoms with Crippen molar-refractivity contribution in [1.82, 2.24) is 0 Å². The molecule has 0 radical (unpaired) electrons. The number of carbonyl (C=O) groups excluding carboxylic acids is 1. The maximum absolute atomic E-state index is 11.3. The lowest BCUT2D eigenvalue weighted by molar-refractivity contribution is 0.100. The molecule has 4 heteroatoms. The van der Waals surface area contributed by atoms with Crippen LogP contribution in [-0.2, 0) is 6.42 Å². The van der Waals surface area contributed by atoms with Crippen molar-refractivity contribution in [3.05, 3.63) is 64.7 Å². The van der Waals surface area contributed by atoms with Crippen molar-refractivity contribution in [3.63, 3.8) is 0 Å². The smallest absolute Gasteiger partial charge is 0.250 e. The summed E-state index contributed by atoms with van der Waals surface area (Å²) in [6, 6.07) is 15.9. The van der Waals surface area contributed by atoms with E-state index in [0.29, 0.717) is 10.6 Å². The molecule has 110 valence electrons. The van der Waals surface area contributed by atoms with Crippen LogP contribution >= 0.6 is 11.6 Å². The number of halogens is 1. The SMILES string of the molecule is CC(CCc1ccccc1)Nc1ccc(Cl)c(C(N)=O)c1. The predicted octanol–water partition coefficient (Wildman–Crippen LogP) is 3.87. The number of amides is 1. The minimum Gasteiger partial charge on any atom is -0.383 e. The number of carbonyl (C=O) groups is 1. The summed E-state index contributed by atoms with van der Waals surface area (Å²) in [5.41, 5.74) is 7.82. The van der Waals surface area contributed by atoms with E-state index in [2.05, 4.69) is 24.4 Å². The van der Waals surface area contributed by atoms with E-state index in [1.807, 2.05) is 24.3 Å². The van der Waals surface area contributed by atoms with Gasteiger partial charge in [0.1, 0.15) is 0 Å². The highest BCUT2D eigenvalue weighted by Gasteiger charge is 2.09. The van der Waals surface area contributed by atoms with Crippen LogP contribution in [0.3, 0.4) is 0 Å². The highest BCUT2D eigenvalue weighted by atomic mass is 35.5. The lowest BCUT2D eigenvalue weighted by atomic mass is 10.1. The van der Waals surface area contributed by atoms with E-state index in [4.69, 9.17) is 17.3 Å². The molecule has 1 unspecified atom stereocenters. The van der Waals surface area contributed by atoms with Crippen molar-refractivity contribution in [1.29, 1.82) is 0 Å². The van der Waals surface area contributed by atoms with Gasteiger partial charge in [-0.3, -0.25) is 4.79 Å². The molecule has 0 fully saturated rings. The number of anilines is 1. The number of nitrogens with two attached hydrogens (primary N) is 1. The zero-order valence-corrected chi connectivity index (χ0v) is 12.7. The van der Waals surface area contributed by atoms with E-state index < -0.39 is 5.91 Å². The quantitative estimate of drug-likeness (QED) is 0.851. The van der Waals surface area contributed by atoms with Gasteiger partial charge in [-0.25, -0.2) is 0 Å². The molecule has 1 atom stereocenters. The van der Waals surface area contributed by atoms with E-state index in [1.54, 1.807) is 12.1 Å². The van der Waals surface area contributed by atoms with E-state index >= 15 is 0 Å². The number of rotatable bonds is 6. The number of hydrogen-bond donors (Lipinski definition) is 2. The molecule has 2 rings (SSSR count). The summed E-state index contributed by atoms with van der Waals surface area (Å²) in [6.45, 7) is 2.11. The molecule has 1 amide bonds. The first-order chi connectivity index (χ1) is 10.1. The van der Waals surface area contributed by atoms with Gasteiger partial charge >= 0.3 is 0 Å². The average Bonchev–Trinajstić information content (AvgIpc) is 2.48. The van der Waals surface area contributed by atoms with Gasteiger partial charge < -0.3 is 11.1 Å². The molecule has 0 aliphatic carbocycles. The molecule has 21 heavy (non-hydrogen) atoms. The van der Waals surface area contributed by atoms with Crippen LogP contribution in [0.15, 0.2) is 48.5 Å². The van der Waals surface area contributed by atoms with E-state index in [1.165, 1.54) is 5.56 Å². The minimum atomic E-state index is -0.513. The highest BCUT2D eigenvalue weighted by Crippen LogP contribution is 2.21. The lowest BCUT2D eigenvalue weighted by Gasteiger charge is -2.16. The first kappa shape index (κ1) is 15.4. The Hall–Kier alpha value is -2.00. The Bertz CT molecular complexity index is 613. The van der Waals surface area contributed by atoms with Gasteiger partial charge in [-0.2, -0.15) is 0 Å². The van der Waals surface area contributed by atoms with Crippen LogP contribution in [0, 0.1) is 0 Å². The highest BCUT2D eigenvalue weighted by molar-refractivity contribution is 6.33. The summed E-state index contributed by atoms with van der Waals surface area (Å²) in [5, 5.41) is 3.75. The summed E-state index contributed by atoms with van der Waals surface area (Å²) in [4.78, 5) is 11.3. The van der Waals surface area contributed by atoms with Gasteiger partial charge in [-0.05, 0) is 43.5 Å². The molecular formula is C17H19ClN2O. The normalized spacial score (nSPS) is 11.9. The minimum absolute atomic E-state index is 0.284. The summed E-state index contributed by atoms with van der Waals surface area (Å²) in [5.74, 6) is -0.513. The van der Waals surface area contributed by atoms with Crippen LogP contribution in [-0.4, -0.2) is 11.9 Å². The van der Waals surface area contributed by atoms with Crippen LogP contribution in [0.4, 0.5) is 5.69 Å². The molecule has 2 aromatic carbocycles. The van der Waals surface area contributed by atoms with Gasteiger partial charge in [0.05, 0.1) is 10.6 Å². The Kier molecular flexibility index (Phi) is 5.23. The largest absolute Gasteiger partial charge is 0.383 e. The zero-order chi connectivity index (χ0) is 15.2. The monoisotopic (exact) mass is 302 g/mol. The molecule has 0 aliphatic rings. The third-order valence-electron chi connectivity index (χ3n) is 3.35. The van der Waals surface area contributed by atoms with Gasteiger partial charge in [0.15, 0.2) is 0 Å². The van der Waals surface area contributed by atoms with Gasteiger partial charge in [-0.1, -0.05) is 41.9 Å². The van der Waals surface area contributed by atoms with Gasteiger partial charge in [0, 0.05) is 11.7 Å². The molecule has 3 nitrogen and oxygen atoms in total. The summed E-state index contributed by atoms with van der Waals surface area (Å²) < 4.78 is 0. The molecule has 3 N–H and O–H groups in total. The topological polar surface area (TPSA) is 55.1 Å². The fourth-order valence-electron chi connectivity index (χ4n) is 2.19. The van der Waals surface area contributed by atoms with Gasteiger partial charge in [0.25, 0.3) is 0 Å². The van der Waals surface area contributed by atoms with Crippen molar-refractivity contribution in [2.45, 2.75) is 25.8 Å². The first-order valence-corrected chi connectivity index (χ1v) is 7.34. The standard InChI is InChI=1S/C17H19ClN2O/c1-12(7-8-13-5-3-2-4-6-13)20-14-9-10-16(18)15(11-14)17(19)21/h2-6,9-12,20H,7-8H2,1H3,(H2,19,21). The Labute approximate surface area is 130 Å². The maximum Gasteiger partial charge on any atom is 0.250 e. The number of benzene rings is 2. The second-order valence-corrected chi connectivity index (χ2v) is 5.54. The fourth-order valence-corrected chi connectivity index (χ4v) is 2.40. The second kappa shape index (κ2) is 7.14. The summed E-state index contributed by atoms with van der Waals surface area (Å²) in [6.07, 6.45) is 2.00. The third kappa shape index (κ3) is 4.50. The number of nitrogens with one attached hydrogen (secondary N) is 1. The molecule has 0 aromatic heterocycles. The van der Waals surface area contributed by atoms with Crippen LogP contribution in [0.25, 0.3) is 0 Å². The van der Waals surface area contributed by atoms with Crippen molar-refractivity contribution in [2.75, 3.05) is 5.32 Å². The van der Waals surface area contributed by atoms with E-state index in [9.17, 15) is 4.79 Å². The lowest BCUT2D eigenvalue weighted by Crippen LogP contribution is -2.17. The molecule has 2 aromatic rings. The zero-order valence-electron chi connectivity index (χ0n) is 12.0. The van der Waals surface area contributed by atoms with Crippen molar-refractivity contribution < 1.29 is 4.79 Å². The van der Waals surface area contributed by atoms with Crippen molar-refractivity contribution in [2.24, 2.45) is 5.73 Å². The van der Waals surface area contributed by atoms with E-state index in [0.717, 1.165) is 18.5 Å². The van der Waals surface area contributed by atoms with E-state index in [-0.39, 0.29) is 6.04 Å². The Morgan fingerprint density at radius 1 is 1.24 bits per heavy atom. The molecule has 0 spiro atoms. The molecular weight excluding hydrogens is 284 g/mol. The van der Waals surface area contributed by atoms with Crippen molar-refractivity contribution >= 4 is 23.2 Å². The molecule has 0 saturated carbocycles. The van der Waals surface area contributed by atoms with Crippen molar-refractivity contribution in [3.8, 4) is 0 Å². The molecule has 0 bridgehead atoms. The van der Waals surface area contributed by atoms with Crippen LogP contribution in [0.1, 0.15) is 29.3 Å². The maximum atomic E-state index is 11.3. The van der Waals surface area contributed by atoms with Gasteiger partial charge in [-0.15, -0.1) is 0 Å². The molecule has 0 heterocycles. The Morgan fingerprint density at radius 3 is 2.62 bits per heavy atom. The Morgan fingerprint density at radius 2 is 1.95 bits per heavy atom. The molecule has 0 aliphatic heterocycles. The fraction of sp³-hybridized carbons (Fsp3) is 0.235. The van der Waals surface area contributed by atoms with Crippen LogP contribution in [0.2, 0.25) is 5.02 Å². The van der Waals surface area contributed by atoms with Crippen LogP contribution in [0.5, 0.6) is 0 Å². The number of aryl methyl sites for hydroxylation is 1. The predicted molar refractivity (Wildman–Crippen MR) is 87.8 cm³/mol. The number of hydrogen-bond acceptors (Lipinski definition) is 2. The first-order valence-electron chi connectivity index (χ1n) is 6.96. The summed E-state index contributed by atoms with van der Waals surface area (Å²) in [7, 11) is 0. The summed E-state index contributed by atoms with van der Waals surface area (Å²) >= 11 is 5.94. The third-order valence-corrected chi connectivity index (χ3v) is 3.68. The molecule has 0 saturated heterocycles. The number of primary amides is 1. The van der Waals surface area contributed by atoms with Crippen LogP contribution < -0.4 is 11.1 Å². The van der Waals surface area contributed by atoms with Gasteiger partial charge in [0.2, 0.25) is 5.91 Å². The Balaban J connectivity index is 1.95. The average molecular weight is 303 g/mol.